The highest BCUT2D eigenvalue weighted by Gasteiger charge is 2.30. The third-order valence-corrected chi connectivity index (χ3v) is 6.44. The van der Waals surface area contributed by atoms with Crippen molar-refractivity contribution in [2.24, 2.45) is 5.92 Å². The molecule has 6 nitrogen and oxygen atoms in total. The Kier molecular flexibility index (Phi) is 5.15. The van der Waals surface area contributed by atoms with E-state index in [1.165, 1.54) is 18.4 Å². The van der Waals surface area contributed by atoms with Crippen LogP contribution < -0.4 is 5.69 Å². The minimum Gasteiger partial charge on any atom is -0.341 e. The van der Waals surface area contributed by atoms with Gasteiger partial charge < -0.3 is 4.90 Å². The molecule has 2 aromatic heterocycles. The maximum Gasteiger partial charge on any atom is 0.330 e. The van der Waals surface area contributed by atoms with Crippen LogP contribution in [0.3, 0.4) is 0 Å². The van der Waals surface area contributed by atoms with Crippen LogP contribution in [0.2, 0.25) is 0 Å². The first kappa shape index (κ1) is 19.1. The fraction of sp³-hybridized carbons (Fsp3) is 0.458. The monoisotopic (exact) mass is 404 g/mol. The van der Waals surface area contributed by atoms with Crippen LogP contribution in [0.25, 0.3) is 11.2 Å². The number of amides is 1. The first-order valence-corrected chi connectivity index (χ1v) is 11.1. The highest BCUT2D eigenvalue weighted by atomic mass is 16.2. The molecular weight excluding hydrogens is 376 g/mol. The molecule has 1 saturated carbocycles. The molecule has 0 bridgehead atoms. The zero-order chi connectivity index (χ0) is 20.5. The van der Waals surface area contributed by atoms with Crippen molar-refractivity contribution >= 4 is 17.1 Å². The van der Waals surface area contributed by atoms with Gasteiger partial charge in [0.25, 0.3) is 0 Å². The largest absolute Gasteiger partial charge is 0.341 e. The van der Waals surface area contributed by atoms with E-state index in [1.807, 2.05) is 44.4 Å². The molecule has 0 spiro atoms. The average molecular weight is 405 g/mol. The predicted molar refractivity (Wildman–Crippen MR) is 116 cm³/mol. The van der Waals surface area contributed by atoms with Crippen molar-refractivity contribution < 1.29 is 4.79 Å². The molecule has 1 atom stereocenters. The van der Waals surface area contributed by atoms with Gasteiger partial charge in [-0.2, -0.15) is 0 Å². The third kappa shape index (κ3) is 3.78. The van der Waals surface area contributed by atoms with Crippen LogP contribution in [-0.4, -0.2) is 38.0 Å². The zero-order valence-corrected chi connectivity index (χ0v) is 17.2. The lowest BCUT2D eigenvalue weighted by molar-refractivity contribution is -0.132. The van der Waals surface area contributed by atoms with Crippen LogP contribution in [0.15, 0.2) is 53.5 Å². The van der Waals surface area contributed by atoms with Gasteiger partial charge in [-0.05, 0) is 55.7 Å². The number of imidazole rings is 1. The highest BCUT2D eigenvalue weighted by Crippen LogP contribution is 2.32. The van der Waals surface area contributed by atoms with Crippen molar-refractivity contribution in [1.82, 2.24) is 19.0 Å². The maximum absolute atomic E-state index is 13.3. The first-order valence-electron chi connectivity index (χ1n) is 11.1. The van der Waals surface area contributed by atoms with E-state index in [-0.39, 0.29) is 17.6 Å². The second kappa shape index (κ2) is 8.09. The van der Waals surface area contributed by atoms with E-state index < -0.39 is 0 Å². The summed E-state index contributed by atoms with van der Waals surface area (Å²) in [6.45, 7) is 2.14. The molecule has 3 heterocycles. The number of carbonyl (C=O) groups is 1. The summed E-state index contributed by atoms with van der Waals surface area (Å²) in [5.41, 5.74) is 2.89. The Morgan fingerprint density at radius 1 is 1.07 bits per heavy atom. The number of nitrogens with zero attached hydrogens (tertiary/aromatic N) is 4. The molecule has 0 radical (unpaired) electrons. The average Bonchev–Trinajstić information content (AvgIpc) is 3.57. The minimum absolute atomic E-state index is 0.00946. The van der Waals surface area contributed by atoms with Gasteiger partial charge in [0, 0.05) is 32.3 Å². The van der Waals surface area contributed by atoms with Gasteiger partial charge in [0.05, 0.1) is 11.6 Å². The van der Waals surface area contributed by atoms with Crippen LogP contribution >= 0.6 is 0 Å². The molecule has 3 aromatic rings. The van der Waals surface area contributed by atoms with Crippen molar-refractivity contribution in [1.29, 1.82) is 0 Å². The van der Waals surface area contributed by atoms with Crippen molar-refractivity contribution in [3.63, 3.8) is 0 Å². The number of aromatic nitrogens is 3. The molecule has 0 N–H and O–H groups in total. The molecule has 30 heavy (non-hydrogen) atoms. The molecule has 6 heteroatoms. The molecule has 2 aliphatic rings. The van der Waals surface area contributed by atoms with Gasteiger partial charge >= 0.3 is 5.69 Å². The number of carbonyl (C=O) groups excluding carboxylic acids is 1. The molecule has 1 aliphatic heterocycles. The normalized spacial score (nSPS) is 19.3. The van der Waals surface area contributed by atoms with Gasteiger partial charge in [0.2, 0.25) is 5.91 Å². The number of rotatable bonds is 6. The number of hydrogen-bond acceptors (Lipinski definition) is 3. The molecule has 1 saturated heterocycles. The number of piperidine rings is 1. The van der Waals surface area contributed by atoms with Crippen molar-refractivity contribution in [2.45, 2.75) is 51.1 Å². The number of likely N-dealkylation sites (tertiary alicyclic amines) is 1. The topological polar surface area (TPSA) is 60.1 Å². The predicted octanol–water partition coefficient (Wildman–Crippen LogP) is 3.40. The quantitative estimate of drug-likeness (QED) is 0.633. The van der Waals surface area contributed by atoms with E-state index in [4.69, 9.17) is 0 Å². The van der Waals surface area contributed by atoms with Crippen molar-refractivity contribution in [2.75, 3.05) is 13.1 Å². The second-order valence-electron chi connectivity index (χ2n) is 8.67. The van der Waals surface area contributed by atoms with Gasteiger partial charge in [0.15, 0.2) is 5.65 Å². The lowest BCUT2D eigenvalue weighted by Gasteiger charge is -2.33. The highest BCUT2D eigenvalue weighted by molar-refractivity contribution is 5.76. The smallest absolute Gasteiger partial charge is 0.330 e. The Balaban J connectivity index is 1.36. The summed E-state index contributed by atoms with van der Waals surface area (Å²) in [4.78, 5) is 32.7. The summed E-state index contributed by atoms with van der Waals surface area (Å²) < 4.78 is 3.75. The zero-order valence-electron chi connectivity index (χ0n) is 17.2. The molecule has 156 valence electrons. The van der Waals surface area contributed by atoms with Crippen LogP contribution in [-0.2, 0) is 17.8 Å². The van der Waals surface area contributed by atoms with Gasteiger partial charge in [0.1, 0.15) is 0 Å². The lowest BCUT2D eigenvalue weighted by Crippen LogP contribution is -2.43. The van der Waals surface area contributed by atoms with Gasteiger partial charge in [-0.3, -0.25) is 13.9 Å². The summed E-state index contributed by atoms with van der Waals surface area (Å²) in [7, 11) is 0. The molecular formula is C24H28N4O2. The molecule has 1 aromatic carbocycles. The van der Waals surface area contributed by atoms with E-state index in [1.54, 1.807) is 6.20 Å². The van der Waals surface area contributed by atoms with Crippen LogP contribution in [0.5, 0.6) is 0 Å². The van der Waals surface area contributed by atoms with Crippen LogP contribution in [0.4, 0.5) is 0 Å². The molecule has 1 aliphatic carbocycles. The maximum atomic E-state index is 13.3. The molecule has 2 fully saturated rings. The Bertz CT molecular complexity index is 1100. The molecule has 1 amide bonds. The summed E-state index contributed by atoms with van der Waals surface area (Å²) in [6, 6.07) is 14.0. The van der Waals surface area contributed by atoms with Crippen LogP contribution in [0, 0.1) is 5.92 Å². The molecule has 0 unspecified atom stereocenters. The second-order valence-corrected chi connectivity index (χ2v) is 8.67. The number of fused-ring (bicyclic) bond motifs is 1. The standard InChI is InChI=1S/C24H28N4O2/c29-22(13-12-18-6-2-1-3-7-18)26-15-5-8-20(17-26)28-23-21(9-4-14-25-23)27(24(28)30)16-19-10-11-19/h1-4,6-7,9,14,19-20H,5,8,10-13,15-17H2/t20-/m0/s1. The fourth-order valence-corrected chi connectivity index (χ4v) is 4.62. The summed E-state index contributed by atoms with van der Waals surface area (Å²) >= 11 is 0. The van der Waals surface area contributed by atoms with Crippen molar-refractivity contribution in [3.8, 4) is 0 Å². The van der Waals surface area contributed by atoms with Crippen LogP contribution in [0.1, 0.15) is 43.7 Å². The third-order valence-electron chi connectivity index (χ3n) is 6.44. The van der Waals surface area contributed by atoms with Gasteiger partial charge in [-0.15, -0.1) is 0 Å². The van der Waals surface area contributed by atoms with E-state index in [2.05, 4.69) is 17.1 Å². The van der Waals surface area contributed by atoms with Gasteiger partial charge in [-0.25, -0.2) is 9.78 Å². The number of benzene rings is 1. The minimum atomic E-state index is -0.00946. The Morgan fingerprint density at radius 3 is 2.70 bits per heavy atom. The van der Waals surface area contributed by atoms with Gasteiger partial charge in [-0.1, -0.05) is 30.3 Å². The van der Waals surface area contributed by atoms with Crippen molar-refractivity contribution in [3.05, 3.63) is 64.7 Å². The summed E-state index contributed by atoms with van der Waals surface area (Å²) in [6.07, 6.45) is 7.23. The fourth-order valence-electron chi connectivity index (χ4n) is 4.62. The van der Waals surface area contributed by atoms with E-state index in [9.17, 15) is 9.59 Å². The number of pyridine rings is 1. The summed E-state index contributed by atoms with van der Waals surface area (Å²) in [5.74, 6) is 0.788. The number of hydrogen-bond donors (Lipinski definition) is 0. The lowest BCUT2D eigenvalue weighted by atomic mass is 10.0. The Labute approximate surface area is 176 Å². The molecule has 5 rings (SSSR count). The SMILES string of the molecule is O=C(CCc1ccccc1)N1CCC[C@H](n2c(=O)n(CC3CC3)c3cccnc32)C1. The number of aryl methyl sites for hydroxylation is 1. The van der Waals surface area contributed by atoms with E-state index in [0.29, 0.717) is 18.9 Å². The Hall–Kier alpha value is -2.89. The Morgan fingerprint density at radius 2 is 1.90 bits per heavy atom. The summed E-state index contributed by atoms with van der Waals surface area (Å²) in [5, 5.41) is 0. The van der Waals surface area contributed by atoms with E-state index >= 15 is 0 Å². The van der Waals surface area contributed by atoms with E-state index in [0.717, 1.165) is 43.5 Å². The first-order chi connectivity index (χ1) is 14.7.